The number of nitrogens with zero attached hydrogens (tertiary/aromatic N) is 1. The Morgan fingerprint density at radius 1 is 1.10 bits per heavy atom. The third-order valence-electron chi connectivity index (χ3n) is 5.32. The van der Waals surface area contributed by atoms with Crippen molar-refractivity contribution in [3.05, 3.63) is 53.2 Å². The molecule has 3 rings (SSSR count). The highest BCUT2D eigenvalue weighted by Gasteiger charge is 2.17. The van der Waals surface area contributed by atoms with Crippen molar-refractivity contribution in [1.82, 2.24) is 15.6 Å². The van der Waals surface area contributed by atoms with Gasteiger partial charge in [0.25, 0.3) is 5.91 Å². The Hall–Kier alpha value is -2.34. The maximum atomic E-state index is 12.7. The Morgan fingerprint density at radius 2 is 1.90 bits per heavy atom. The van der Waals surface area contributed by atoms with Crippen molar-refractivity contribution >= 4 is 23.6 Å². The number of carbonyl (C=O) groups excluding carboxylic acids is 2. The Bertz CT molecular complexity index is 863. The van der Waals surface area contributed by atoms with Gasteiger partial charge in [0, 0.05) is 30.1 Å². The first kappa shape index (κ1) is 21.4. The lowest BCUT2D eigenvalue weighted by Gasteiger charge is -2.22. The largest absolute Gasteiger partial charge is 0.353 e. The number of carbonyl (C=O) groups is 2. The van der Waals surface area contributed by atoms with E-state index in [1.165, 1.54) is 42.2 Å². The lowest BCUT2D eigenvalue weighted by Crippen LogP contribution is -2.38. The van der Waals surface area contributed by atoms with Crippen LogP contribution >= 0.6 is 11.8 Å². The molecule has 1 saturated carbocycles. The van der Waals surface area contributed by atoms with Crippen molar-refractivity contribution in [3.8, 4) is 0 Å². The number of benzene rings is 1. The Labute approximate surface area is 177 Å². The molecule has 0 aliphatic heterocycles. The third kappa shape index (κ3) is 6.32. The minimum atomic E-state index is -0.199. The van der Waals surface area contributed by atoms with Crippen LogP contribution in [-0.4, -0.2) is 29.4 Å². The van der Waals surface area contributed by atoms with Gasteiger partial charge in [-0.25, -0.2) is 4.98 Å². The molecule has 0 bridgehead atoms. The maximum absolute atomic E-state index is 12.7. The number of aryl methyl sites for hydroxylation is 2. The van der Waals surface area contributed by atoms with Gasteiger partial charge in [-0.3, -0.25) is 9.59 Å². The predicted molar refractivity (Wildman–Crippen MR) is 116 cm³/mol. The van der Waals surface area contributed by atoms with E-state index in [0.29, 0.717) is 29.6 Å². The molecular formula is C23H29N3O2S. The summed E-state index contributed by atoms with van der Waals surface area (Å²) in [7, 11) is 0. The molecule has 0 unspecified atom stereocenters. The summed E-state index contributed by atoms with van der Waals surface area (Å²) in [5.41, 5.74) is 2.98. The van der Waals surface area contributed by atoms with Gasteiger partial charge >= 0.3 is 0 Å². The third-order valence-corrected chi connectivity index (χ3v) is 6.32. The van der Waals surface area contributed by atoms with E-state index in [0.717, 1.165) is 17.7 Å². The van der Waals surface area contributed by atoms with E-state index in [4.69, 9.17) is 0 Å². The smallest absolute Gasteiger partial charge is 0.254 e. The van der Waals surface area contributed by atoms with Crippen LogP contribution in [0.5, 0.6) is 0 Å². The van der Waals surface area contributed by atoms with E-state index in [1.807, 2.05) is 6.07 Å². The van der Waals surface area contributed by atoms with Crippen LogP contribution in [0.15, 0.2) is 46.5 Å². The molecule has 1 aromatic carbocycles. The molecule has 5 nitrogen and oxygen atoms in total. The van der Waals surface area contributed by atoms with Gasteiger partial charge in [-0.1, -0.05) is 37.1 Å². The number of pyridine rings is 1. The molecule has 1 aromatic heterocycles. The predicted octanol–water partition coefficient (Wildman–Crippen LogP) is 4.42. The summed E-state index contributed by atoms with van der Waals surface area (Å²) in [5.74, 6) is -0.192. The standard InChI is InChI=1S/C23H29N3O2S/c1-16-10-11-19(15-17(16)2)29-23-20(9-6-13-25-23)22(28)24-14-12-21(27)26-18-7-4-3-5-8-18/h6,9-11,13,15,18H,3-5,7-8,12,14H2,1-2H3,(H,24,28)(H,26,27). The summed E-state index contributed by atoms with van der Waals surface area (Å²) in [6.07, 6.45) is 7.74. The fourth-order valence-corrected chi connectivity index (χ4v) is 4.44. The molecular weight excluding hydrogens is 382 g/mol. The van der Waals surface area contributed by atoms with E-state index >= 15 is 0 Å². The van der Waals surface area contributed by atoms with Crippen LogP contribution in [0.1, 0.15) is 60.0 Å². The van der Waals surface area contributed by atoms with E-state index < -0.39 is 0 Å². The van der Waals surface area contributed by atoms with Crippen molar-refractivity contribution in [2.75, 3.05) is 6.54 Å². The highest BCUT2D eigenvalue weighted by Crippen LogP contribution is 2.29. The number of amides is 2. The van der Waals surface area contributed by atoms with Crippen molar-refractivity contribution in [2.45, 2.75) is 68.3 Å². The van der Waals surface area contributed by atoms with Crippen molar-refractivity contribution in [2.24, 2.45) is 0 Å². The zero-order chi connectivity index (χ0) is 20.6. The molecule has 154 valence electrons. The average molecular weight is 412 g/mol. The molecule has 29 heavy (non-hydrogen) atoms. The fraction of sp³-hybridized carbons (Fsp3) is 0.435. The van der Waals surface area contributed by atoms with Crippen LogP contribution in [0.25, 0.3) is 0 Å². The maximum Gasteiger partial charge on any atom is 0.254 e. The highest BCUT2D eigenvalue weighted by atomic mass is 32.2. The monoisotopic (exact) mass is 411 g/mol. The molecule has 1 heterocycles. The number of rotatable bonds is 7. The van der Waals surface area contributed by atoms with Crippen molar-refractivity contribution < 1.29 is 9.59 Å². The molecule has 6 heteroatoms. The van der Waals surface area contributed by atoms with E-state index in [2.05, 4.69) is 41.6 Å². The van der Waals surface area contributed by atoms with Gasteiger partial charge in [-0.15, -0.1) is 0 Å². The Balaban J connectivity index is 1.54. The molecule has 2 amide bonds. The van der Waals surface area contributed by atoms with Gasteiger partial charge in [0.2, 0.25) is 5.91 Å². The van der Waals surface area contributed by atoms with Crippen LogP contribution in [0.2, 0.25) is 0 Å². The number of nitrogens with one attached hydrogen (secondary N) is 2. The zero-order valence-electron chi connectivity index (χ0n) is 17.2. The molecule has 1 aliphatic rings. The summed E-state index contributed by atoms with van der Waals surface area (Å²) in [5, 5.41) is 6.61. The van der Waals surface area contributed by atoms with Gasteiger partial charge in [-0.05, 0) is 62.1 Å². The summed E-state index contributed by atoms with van der Waals surface area (Å²) >= 11 is 1.48. The molecule has 0 saturated heterocycles. The van der Waals surface area contributed by atoms with Gasteiger partial charge in [-0.2, -0.15) is 0 Å². The van der Waals surface area contributed by atoms with Crippen molar-refractivity contribution in [3.63, 3.8) is 0 Å². The first-order valence-corrected chi connectivity index (χ1v) is 11.1. The first-order chi connectivity index (χ1) is 14.0. The molecule has 1 fully saturated rings. The van der Waals surface area contributed by atoms with Gasteiger partial charge < -0.3 is 10.6 Å². The SMILES string of the molecule is Cc1ccc(Sc2ncccc2C(=O)NCCC(=O)NC2CCCCC2)cc1C. The normalized spacial score (nSPS) is 14.4. The van der Waals surface area contributed by atoms with E-state index in [1.54, 1.807) is 18.3 Å². The minimum Gasteiger partial charge on any atom is -0.353 e. The van der Waals surface area contributed by atoms with Crippen LogP contribution in [0, 0.1) is 13.8 Å². The second-order valence-corrected chi connectivity index (χ2v) is 8.67. The number of hydrogen-bond donors (Lipinski definition) is 2. The average Bonchev–Trinajstić information content (AvgIpc) is 2.72. The first-order valence-electron chi connectivity index (χ1n) is 10.3. The van der Waals surface area contributed by atoms with Gasteiger partial charge in [0.05, 0.1) is 5.56 Å². The molecule has 0 radical (unpaired) electrons. The second-order valence-electron chi connectivity index (χ2n) is 7.61. The van der Waals surface area contributed by atoms with Crippen LogP contribution in [-0.2, 0) is 4.79 Å². The van der Waals surface area contributed by atoms with Crippen LogP contribution < -0.4 is 10.6 Å². The lowest BCUT2D eigenvalue weighted by atomic mass is 9.95. The lowest BCUT2D eigenvalue weighted by molar-refractivity contribution is -0.121. The molecule has 1 aliphatic carbocycles. The van der Waals surface area contributed by atoms with Gasteiger partial charge in [0.15, 0.2) is 0 Å². The topological polar surface area (TPSA) is 71.1 Å². The molecule has 0 atom stereocenters. The summed E-state index contributed by atoms with van der Waals surface area (Å²) in [4.78, 5) is 30.2. The van der Waals surface area contributed by atoms with Crippen molar-refractivity contribution in [1.29, 1.82) is 0 Å². The molecule has 2 N–H and O–H groups in total. The molecule has 0 spiro atoms. The van der Waals surface area contributed by atoms with Crippen LogP contribution in [0.3, 0.4) is 0 Å². The Morgan fingerprint density at radius 3 is 2.66 bits per heavy atom. The summed E-state index contributed by atoms with van der Waals surface area (Å²) in [6.45, 7) is 4.47. The zero-order valence-corrected chi connectivity index (χ0v) is 18.0. The molecule has 2 aromatic rings. The Kier molecular flexibility index (Phi) is 7.69. The van der Waals surface area contributed by atoms with Gasteiger partial charge in [0.1, 0.15) is 5.03 Å². The summed E-state index contributed by atoms with van der Waals surface area (Å²) in [6, 6.07) is 10.0. The quantitative estimate of drug-likeness (QED) is 0.708. The summed E-state index contributed by atoms with van der Waals surface area (Å²) < 4.78 is 0. The van der Waals surface area contributed by atoms with E-state index in [9.17, 15) is 9.59 Å². The second kappa shape index (κ2) is 10.4. The highest BCUT2D eigenvalue weighted by molar-refractivity contribution is 7.99. The minimum absolute atomic E-state index is 0.00751. The fourth-order valence-electron chi connectivity index (χ4n) is 3.47. The van der Waals surface area contributed by atoms with Crippen LogP contribution in [0.4, 0.5) is 0 Å². The van der Waals surface area contributed by atoms with E-state index in [-0.39, 0.29) is 11.8 Å². The number of hydrogen-bond acceptors (Lipinski definition) is 4. The number of aromatic nitrogens is 1.